The van der Waals surface area contributed by atoms with E-state index in [0.717, 1.165) is 4.31 Å². The van der Waals surface area contributed by atoms with Crippen LogP contribution in [0.3, 0.4) is 0 Å². The molecule has 0 spiro atoms. The summed E-state index contributed by atoms with van der Waals surface area (Å²) in [6.45, 7) is 1.22. The summed E-state index contributed by atoms with van der Waals surface area (Å²) in [6, 6.07) is 19.6. The molecule has 184 valence electrons. The van der Waals surface area contributed by atoms with Gasteiger partial charge in [0.15, 0.2) is 11.5 Å². The smallest absolute Gasteiger partial charge is 0.264 e. The number of hydrogen-bond donors (Lipinski definition) is 1. The fourth-order valence-corrected chi connectivity index (χ4v) is 4.67. The summed E-state index contributed by atoms with van der Waals surface area (Å²) in [5.74, 6) is 0.919. The SMILES string of the molecule is COc1cccc(N(CC(=O)N/N=C(/C)c2ccc(OC)c(OC)c2)S(=O)(=O)c2ccccc2)c1. The van der Waals surface area contributed by atoms with Crippen molar-refractivity contribution in [3.63, 3.8) is 0 Å². The molecule has 0 heterocycles. The molecule has 3 rings (SSSR count). The van der Waals surface area contributed by atoms with Crippen molar-refractivity contribution in [2.45, 2.75) is 11.8 Å². The zero-order chi connectivity index (χ0) is 25.4. The Kier molecular flexibility index (Phi) is 8.32. The van der Waals surface area contributed by atoms with Crippen molar-refractivity contribution in [2.75, 3.05) is 32.2 Å². The second-order valence-corrected chi connectivity index (χ2v) is 9.19. The van der Waals surface area contributed by atoms with Gasteiger partial charge in [0.1, 0.15) is 12.3 Å². The van der Waals surface area contributed by atoms with Crippen LogP contribution in [-0.4, -0.2) is 47.9 Å². The molecule has 3 aromatic rings. The first-order valence-corrected chi connectivity index (χ1v) is 12.0. The minimum absolute atomic E-state index is 0.0561. The number of benzene rings is 3. The van der Waals surface area contributed by atoms with E-state index in [4.69, 9.17) is 14.2 Å². The number of nitrogens with zero attached hydrogens (tertiary/aromatic N) is 2. The molecule has 0 radical (unpaired) electrons. The van der Waals surface area contributed by atoms with Crippen LogP contribution in [0.2, 0.25) is 0 Å². The first kappa shape index (κ1) is 25.6. The van der Waals surface area contributed by atoms with Gasteiger partial charge in [-0.2, -0.15) is 5.10 Å². The molecule has 0 aromatic heterocycles. The maximum atomic E-state index is 13.4. The summed E-state index contributed by atoms with van der Waals surface area (Å²) < 4.78 is 43.6. The molecule has 0 saturated carbocycles. The number of carbonyl (C=O) groups excluding carboxylic acids is 1. The Morgan fingerprint density at radius 3 is 2.26 bits per heavy atom. The van der Waals surface area contributed by atoms with Crippen molar-refractivity contribution in [1.29, 1.82) is 0 Å². The maximum Gasteiger partial charge on any atom is 0.264 e. The molecule has 0 aliphatic carbocycles. The summed E-state index contributed by atoms with van der Waals surface area (Å²) >= 11 is 0. The van der Waals surface area contributed by atoms with Crippen molar-refractivity contribution in [2.24, 2.45) is 5.10 Å². The van der Waals surface area contributed by atoms with E-state index >= 15 is 0 Å². The Morgan fingerprint density at radius 1 is 0.886 bits per heavy atom. The number of ether oxygens (including phenoxy) is 3. The van der Waals surface area contributed by atoms with Crippen molar-refractivity contribution in [3.05, 3.63) is 78.4 Å². The molecule has 0 bridgehead atoms. The first-order valence-electron chi connectivity index (χ1n) is 10.6. The van der Waals surface area contributed by atoms with Crippen LogP contribution in [0.25, 0.3) is 0 Å². The van der Waals surface area contributed by atoms with Gasteiger partial charge < -0.3 is 14.2 Å². The molecule has 0 aliphatic heterocycles. The molecule has 0 unspecified atom stereocenters. The molecule has 0 aliphatic rings. The number of hydrazone groups is 1. The number of anilines is 1. The largest absolute Gasteiger partial charge is 0.497 e. The van der Waals surface area contributed by atoms with E-state index in [1.165, 1.54) is 33.5 Å². The maximum absolute atomic E-state index is 13.4. The highest BCUT2D eigenvalue weighted by Crippen LogP contribution is 2.28. The molecule has 3 aromatic carbocycles. The number of rotatable bonds is 10. The van der Waals surface area contributed by atoms with E-state index in [2.05, 4.69) is 10.5 Å². The summed E-state index contributed by atoms with van der Waals surface area (Å²) in [4.78, 5) is 12.9. The van der Waals surface area contributed by atoms with Crippen LogP contribution in [0.5, 0.6) is 17.2 Å². The zero-order valence-corrected chi connectivity index (χ0v) is 20.7. The quantitative estimate of drug-likeness (QED) is 0.340. The van der Waals surface area contributed by atoms with Gasteiger partial charge in [0.25, 0.3) is 15.9 Å². The van der Waals surface area contributed by atoms with E-state index < -0.39 is 22.5 Å². The van der Waals surface area contributed by atoms with E-state index in [9.17, 15) is 13.2 Å². The van der Waals surface area contributed by atoms with Gasteiger partial charge in [0, 0.05) is 11.6 Å². The monoisotopic (exact) mass is 497 g/mol. The molecule has 9 nitrogen and oxygen atoms in total. The molecule has 35 heavy (non-hydrogen) atoms. The van der Waals surface area contributed by atoms with Crippen LogP contribution in [0.15, 0.2) is 82.8 Å². The lowest BCUT2D eigenvalue weighted by Gasteiger charge is -2.24. The number of carbonyl (C=O) groups is 1. The first-order chi connectivity index (χ1) is 16.8. The zero-order valence-electron chi connectivity index (χ0n) is 19.9. The molecular formula is C25H27N3O6S. The Hall–Kier alpha value is -4.05. The predicted molar refractivity (Wildman–Crippen MR) is 134 cm³/mol. The van der Waals surface area contributed by atoms with Crippen LogP contribution in [-0.2, 0) is 14.8 Å². The standard InChI is InChI=1S/C25H27N3O6S/c1-18(19-13-14-23(33-3)24(15-19)34-4)26-27-25(29)17-28(20-9-8-10-21(16-20)32-2)35(30,31)22-11-6-5-7-12-22/h5-16H,17H2,1-4H3,(H,27,29)/b26-18-. The molecule has 0 atom stereocenters. The van der Waals surface area contributed by atoms with Gasteiger partial charge in [-0.05, 0) is 49.4 Å². The van der Waals surface area contributed by atoms with Gasteiger partial charge in [0.05, 0.1) is 37.6 Å². The van der Waals surface area contributed by atoms with Crippen LogP contribution in [0.4, 0.5) is 5.69 Å². The second-order valence-electron chi connectivity index (χ2n) is 7.33. The highest BCUT2D eigenvalue weighted by atomic mass is 32.2. The summed E-state index contributed by atoms with van der Waals surface area (Å²) in [7, 11) is 0.498. The number of hydrogen-bond acceptors (Lipinski definition) is 7. The Labute approximate surface area is 205 Å². The van der Waals surface area contributed by atoms with Crippen molar-refractivity contribution < 1.29 is 27.4 Å². The summed E-state index contributed by atoms with van der Waals surface area (Å²) in [6.07, 6.45) is 0. The number of sulfonamides is 1. The summed E-state index contributed by atoms with van der Waals surface area (Å²) in [5.41, 5.74) is 3.92. The lowest BCUT2D eigenvalue weighted by atomic mass is 10.1. The van der Waals surface area contributed by atoms with E-state index in [-0.39, 0.29) is 10.6 Å². The topological polar surface area (TPSA) is 107 Å². The Bertz CT molecular complexity index is 1310. The van der Waals surface area contributed by atoms with Crippen molar-refractivity contribution in [3.8, 4) is 17.2 Å². The van der Waals surface area contributed by atoms with Crippen LogP contribution < -0.4 is 23.9 Å². The molecule has 1 amide bonds. The van der Waals surface area contributed by atoms with Gasteiger partial charge in [-0.3, -0.25) is 9.10 Å². The third kappa shape index (κ3) is 6.10. The van der Waals surface area contributed by atoms with Crippen molar-refractivity contribution in [1.82, 2.24) is 5.43 Å². The highest BCUT2D eigenvalue weighted by molar-refractivity contribution is 7.92. The minimum atomic E-state index is -4.04. The number of nitrogens with one attached hydrogen (secondary N) is 1. The molecule has 0 fully saturated rings. The van der Waals surface area contributed by atoms with Crippen LogP contribution >= 0.6 is 0 Å². The average Bonchev–Trinajstić information content (AvgIpc) is 2.90. The molecule has 10 heteroatoms. The fourth-order valence-electron chi connectivity index (χ4n) is 3.24. The predicted octanol–water partition coefficient (Wildman–Crippen LogP) is 3.45. The molecule has 1 N–H and O–H groups in total. The van der Waals surface area contributed by atoms with E-state index in [0.29, 0.717) is 28.5 Å². The average molecular weight is 498 g/mol. The Balaban J connectivity index is 1.87. The third-order valence-corrected chi connectivity index (χ3v) is 6.90. The lowest BCUT2D eigenvalue weighted by Crippen LogP contribution is -2.39. The van der Waals surface area contributed by atoms with Crippen molar-refractivity contribution >= 4 is 27.3 Å². The molecular weight excluding hydrogens is 470 g/mol. The van der Waals surface area contributed by atoms with E-state index in [1.54, 1.807) is 67.6 Å². The third-order valence-electron chi connectivity index (χ3n) is 5.11. The Morgan fingerprint density at radius 2 is 1.60 bits per heavy atom. The lowest BCUT2D eigenvalue weighted by molar-refractivity contribution is -0.119. The number of methoxy groups -OCH3 is 3. The second kappa shape index (κ2) is 11.4. The van der Waals surface area contributed by atoms with Gasteiger partial charge in [-0.25, -0.2) is 13.8 Å². The number of amides is 1. The minimum Gasteiger partial charge on any atom is -0.497 e. The summed E-state index contributed by atoms with van der Waals surface area (Å²) in [5, 5.41) is 4.14. The van der Waals surface area contributed by atoms with E-state index in [1.807, 2.05) is 0 Å². The normalized spacial score (nSPS) is 11.5. The van der Waals surface area contributed by atoms with Gasteiger partial charge in [-0.1, -0.05) is 24.3 Å². The van der Waals surface area contributed by atoms with Gasteiger partial charge in [0.2, 0.25) is 0 Å². The highest BCUT2D eigenvalue weighted by Gasteiger charge is 2.27. The molecule has 0 saturated heterocycles. The van der Waals surface area contributed by atoms with Gasteiger partial charge in [-0.15, -0.1) is 0 Å². The van der Waals surface area contributed by atoms with Gasteiger partial charge >= 0.3 is 0 Å². The van der Waals surface area contributed by atoms with Crippen LogP contribution in [0, 0.1) is 0 Å². The fraction of sp³-hybridized carbons (Fsp3) is 0.200. The van der Waals surface area contributed by atoms with Crippen LogP contribution in [0.1, 0.15) is 12.5 Å².